The maximum absolute atomic E-state index is 13.4. The Hall–Kier alpha value is -2.32. The largest absolute Gasteiger partial charge is 0.480 e. The number of amides is 2. The molecule has 5 nitrogen and oxygen atoms in total. The molecule has 0 bridgehead atoms. The van der Waals surface area contributed by atoms with E-state index >= 15 is 0 Å². The standard InChI is InChI=1S/C12H12F4N2O3/c1-12(2,10(19)20)18(3)11(21)17-9-7(15)5(13)4-6(14)8(9)16/h4H,1-3H3,(H,17,21)(H,19,20). The van der Waals surface area contributed by atoms with E-state index in [4.69, 9.17) is 5.11 Å². The lowest BCUT2D eigenvalue weighted by Gasteiger charge is -2.31. The van der Waals surface area contributed by atoms with Crippen LogP contribution >= 0.6 is 0 Å². The van der Waals surface area contributed by atoms with Crippen LogP contribution in [0.3, 0.4) is 0 Å². The van der Waals surface area contributed by atoms with Gasteiger partial charge in [-0.25, -0.2) is 27.2 Å². The van der Waals surface area contributed by atoms with E-state index in [-0.39, 0.29) is 6.07 Å². The molecule has 116 valence electrons. The predicted molar refractivity (Wildman–Crippen MR) is 64.8 cm³/mol. The van der Waals surface area contributed by atoms with Crippen LogP contribution in [0, 0.1) is 23.3 Å². The first-order chi connectivity index (χ1) is 9.50. The van der Waals surface area contributed by atoms with Gasteiger partial charge in [-0.05, 0) is 13.8 Å². The van der Waals surface area contributed by atoms with E-state index in [1.54, 1.807) is 5.32 Å². The van der Waals surface area contributed by atoms with Gasteiger partial charge in [-0.2, -0.15) is 0 Å². The summed E-state index contributed by atoms with van der Waals surface area (Å²) in [6, 6.07) is -1.25. The Morgan fingerprint density at radius 2 is 1.57 bits per heavy atom. The van der Waals surface area contributed by atoms with Crippen LogP contribution < -0.4 is 5.32 Å². The van der Waals surface area contributed by atoms with Crippen LogP contribution in [-0.2, 0) is 4.79 Å². The lowest BCUT2D eigenvalue weighted by Crippen LogP contribution is -2.52. The van der Waals surface area contributed by atoms with E-state index in [2.05, 4.69) is 0 Å². The maximum Gasteiger partial charge on any atom is 0.329 e. The lowest BCUT2D eigenvalue weighted by molar-refractivity contribution is -0.146. The second-order valence-electron chi connectivity index (χ2n) is 4.70. The summed E-state index contributed by atoms with van der Waals surface area (Å²) >= 11 is 0. The number of carboxylic acids is 1. The summed E-state index contributed by atoms with van der Waals surface area (Å²) in [5.74, 6) is -8.34. The van der Waals surface area contributed by atoms with Crippen molar-refractivity contribution < 1.29 is 32.3 Å². The molecule has 0 saturated carbocycles. The number of aliphatic carboxylic acids is 1. The summed E-state index contributed by atoms with van der Waals surface area (Å²) < 4.78 is 52.8. The van der Waals surface area contributed by atoms with Crippen LogP contribution in [-0.4, -0.2) is 34.6 Å². The minimum absolute atomic E-state index is 0.00871. The van der Waals surface area contributed by atoms with E-state index in [9.17, 15) is 27.2 Å². The van der Waals surface area contributed by atoms with Gasteiger partial charge >= 0.3 is 12.0 Å². The summed E-state index contributed by atoms with van der Waals surface area (Å²) in [5.41, 5.74) is -3.03. The molecule has 2 amide bonds. The van der Waals surface area contributed by atoms with Crippen molar-refractivity contribution in [3.63, 3.8) is 0 Å². The number of urea groups is 1. The highest BCUT2D eigenvalue weighted by Crippen LogP contribution is 2.25. The van der Waals surface area contributed by atoms with Gasteiger partial charge in [0.25, 0.3) is 0 Å². The molecule has 2 N–H and O–H groups in total. The van der Waals surface area contributed by atoms with Gasteiger partial charge in [0.2, 0.25) is 0 Å². The molecule has 0 saturated heterocycles. The van der Waals surface area contributed by atoms with Gasteiger partial charge in [-0.3, -0.25) is 0 Å². The van der Waals surface area contributed by atoms with E-state index in [1.165, 1.54) is 0 Å². The zero-order valence-corrected chi connectivity index (χ0v) is 11.3. The first-order valence-corrected chi connectivity index (χ1v) is 5.61. The number of anilines is 1. The molecule has 0 heterocycles. The predicted octanol–water partition coefficient (Wildman–Crippen LogP) is 2.57. The average Bonchev–Trinajstić information content (AvgIpc) is 2.40. The maximum atomic E-state index is 13.4. The Kier molecular flexibility index (Phi) is 4.45. The molecule has 0 radical (unpaired) electrons. The summed E-state index contributed by atoms with van der Waals surface area (Å²) in [7, 11) is 1.05. The van der Waals surface area contributed by atoms with E-state index in [0.29, 0.717) is 4.90 Å². The van der Waals surface area contributed by atoms with Gasteiger partial charge in [-0.1, -0.05) is 0 Å². The van der Waals surface area contributed by atoms with Crippen molar-refractivity contribution in [3.05, 3.63) is 29.3 Å². The SMILES string of the molecule is CN(C(=O)Nc1c(F)c(F)cc(F)c1F)C(C)(C)C(=O)O. The smallest absolute Gasteiger partial charge is 0.329 e. The van der Waals surface area contributed by atoms with Crippen molar-refractivity contribution in [3.8, 4) is 0 Å². The van der Waals surface area contributed by atoms with Gasteiger partial charge in [0.1, 0.15) is 11.2 Å². The normalized spacial score (nSPS) is 11.2. The monoisotopic (exact) mass is 308 g/mol. The number of likely N-dealkylation sites (N-methyl/N-ethyl adjacent to an activating group) is 1. The summed E-state index contributed by atoms with van der Waals surface area (Å²) in [6.45, 7) is 2.32. The van der Waals surface area contributed by atoms with Crippen LogP contribution in [0.15, 0.2) is 6.07 Å². The number of carboxylic acid groups (broad SMARTS) is 1. The number of rotatable bonds is 3. The number of nitrogens with zero attached hydrogens (tertiary/aromatic N) is 1. The molecule has 0 unspecified atom stereocenters. The zero-order chi connectivity index (χ0) is 16.5. The Labute approximate surface area is 117 Å². The molecule has 1 aromatic rings. The third-order valence-electron chi connectivity index (χ3n) is 3.01. The van der Waals surface area contributed by atoms with E-state index in [0.717, 1.165) is 20.9 Å². The molecular formula is C12H12F4N2O3. The molecule has 0 aromatic heterocycles. The molecule has 0 aliphatic rings. The number of hydrogen-bond acceptors (Lipinski definition) is 2. The fourth-order valence-corrected chi connectivity index (χ4v) is 1.27. The number of carbonyl (C=O) groups excluding carboxylic acids is 1. The van der Waals surface area contributed by atoms with Crippen molar-refractivity contribution in [1.29, 1.82) is 0 Å². The average molecular weight is 308 g/mol. The summed E-state index contributed by atoms with van der Waals surface area (Å²) in [5, 5.41) is 10.5. The highest BCUT2D eigenvalue weighted by molar-refractivity contribution is 5.93. The third kappa shape index (κ3) is 3.06. The fraction of sp³-hybridized carbons (Fsp3) is 0.333. The lowest BCUT2D eigenvalue weighted by atomic mass is 10.1. The molecule has 0 fully saturated rings. The molecular weight excluding hydrogens is 296 g/mol. The first kappa shape index (κ1) is 16.7. The molecule has 0 aliphatic heterocycles. The third-order valence-corrected chi connectivity index (χ3v) is 3.01. The zero-order valence-electron chi connectivity index (χ0n) is 11.3. The summed E-state index contributed by atoms with van der Waals surface area (Å²) in [6.07, 6.45) is 0. The molecule has 0 aliphatic carbocycles. The molecule has 0 atom stereocenters. The van der Waals surface area contributed by atoms with Crippen LogP contribution in [0.25, 0.3) is 0 Å². The van der Waals surface area contributed by atoms with E-state index < -0.39 is 46.5 Å². The highest BCUT2D eigenvalue weighted by atomic mass is 19.2. The molecule has 1 rings (SSSR count). The minimum Gasteiger partial charge on any atom is -0.480 e. The van der Waals surface area contributed by atoms with Gasteiger partial charge in [0.15, 0.2) is 23.3 Å². The topological polar surface area (TPSA) is 69.6 Å². The second-order valence-corrected chi connectivity index (χ2v) is 4.70. The van der Waals surface area contributed by atoms with Gasteiger partial charge in [0, 0.05) is 13.1 Å². The van der Waals surface area contributed by atoms with Gasteiger partial charge in [0.05, 0.1) is 0 Å². The minimum atomic E-state index is -1.79. The first-order valence-electron chi connectivity index (χ1n) is 5.61. The quantitative estimate of drug-likeness (QED) is 0.666. The summed E-state index contributed by atoms with van der Waals surface area (Å²) in [4.78, 5) is 23.4. The number of halogens is 4. The van der Waals surface area contributed by atoms with Crippen molar-refractivity contribution in [1.82, 2.24) is 4.90 Å². The second kappa shape index (κ2) is 5.58. The van der Waals surface area contributed by atoms with Crippen molar-refractivity contribution in [2.24, 2.45) is 0 Å². The number of benzene rings is 1. The van der Waals surface area contributed by atoms with Crippen molar-refractivity contribution in [2.45, 2.75) is 19.4 Å². The van der Waals surface area contributed by atoms with Gasteiger partial charge < -0.3 is 15.3 Å². The Balaban J connectivity index is 3.13. The van der Waals surface area contributed by atoms with Crippen LogP contribution in [0.4, 0.5) is 28.0 Å². The Bertz CT molecular complexity index is 578. The highest BCUT2D eigenvalue weighted by Gasteiger charge is 2.36. The Morgan fingerprint density at radius 1 is 1.14 bits per heavy atom. The van der Waals surface area contributed by atoms with Crippen LogP contribution in [0.1, 0.15) is 13.8 Å². The van der Waals surface area contributed by atoms with E-state index in [1.807, 2.05) is 0 Å². The Morgan fingerprint density at radius 3 is 1.95 bits per heavy atom. The number of hydrogen-bond donors (Lipinski definition) is 2. The van der Waals surface area contributed by atoms with Crippen LogP contribution in [0.2, 0.25) is 0 Å². The van der Waals surface area contributed by atoms with Crippen LogP contribution in [0.5, 0.6) is 0 Å². The number of carbonyl (C=O) groups is 2. The fourth-order valence-electron chi connectivity index (χ4n) is 1.27. The van der Waals surface area contributed by atoms with Crippen molar-refractivity contribution in [2.75, 3.05) is 12.4 Å². The van der Waals surface area contributed by atoms with Crippen molar-refractivity contribution >= 4 is 17.7 Å². The number of nitrogens with one attached hydrogen (secondary N) is 1. The van der Waals surface area contributed by atoms with Gasteiger partial charge in [-0.15, -0.1) is 0 Å². The molecule has 9 heteroatoms. The molecule has 0 spiro atoms. The molecule has 21 heavy (non-hydrogen) atoms. The molecule has 1 aromatic carbocycles.